The van der Waals surface area contributed by atoms with Crippen molar-refractivity contribution in [3.63, 3.8) is 0 Å². The Morgan fingerprint density at radius 3 is 2.39 bits per heavy atom. The number of amides is 2. The number of benzene rings is 3. The summed E-state index contributed by atoms with van der Waals surface area (Å²) < 4.78 is 32.2. The summed E-state index contributed by atoms with van der Waals surface area (Å²) in [6.45, 7) is 1.83. The molecule has 1 heterocycles. The Bertz CT molecular complexity index is 1440. The van der Waals surface area contributed by atoms with E-state index in [4.69, 9.17) is 4.42 Å². The summed E-state index contributed by atoms with van der Waals surface area (Å²) >= 11 is 0. The van der Waals surface area contributed by atoms with Crippen molar-refractivity contribution in [1.82, 2.24) is 9.71 Å². The van der Waals surface area contributed by atoms with Gasteiger partial charge in [-0.1, -0.05) is 42.0 Å². The number of fused-ring (bicyclic) bond motifs is 1. The van der Waals surface area contributed by atoms with Gasteiger partial charge in [0.1, 0.15) is 0 Å². The monoisotopic (exact) mass is 435 g/mol. The number of aromatic nitrogens is 1. The number of nitrogens with zero attached hydrogens (tertiary/aromatic N) is 1. The van der Waals surface area contributed by atoms with Crippen LogP contribution in [-0.2, 0) is 10.0 Å². The maximum atomic E-state index is 12.4. The van der Waals surface area contributed by atoms with Crippen LogP contribution in [0.1, 0.15) is 5.56 Å². The Morgan fingerprint density at radius 1 is 0.935 bits per heavy atom. The number of carbonyl (C=O) groups excluding carboxylic acids is 1. The molecule has 0 saturated carbocycles. The number of anilines is 1. The van der Waals surface area contributed by atoms with E-state index < -0.39 is 21.7 Å². The van der Waals surface area contributed by atoms with Gasteiger partial charge < -0.3 is 9.73 Å². The molecule has 0 unspecified atom stereocenters. The molecule has 0 spiro atoms. The lowest BCUT2D eigenvalue weighted by Gasteiger charge is -2.12. The number of hydrogen-bond acceptors (Lipinski definition) is 6. The molecule has 3 aromatic carbocycles. The summed E-state index contributed by atoms with van der Waals surface area (Å²) in [5.74, 6) is 0.000918. The second-order valence-electron chi connectivity index (χ2n) is 6.74. The lowest BCUT2D eigenvalue weighted by molar-refractivity contribution is 0.256. The quantitative estimate of drug-likeness (QED) is 0.505. The Labute approximate surface area is 177 Å². The summed E-state index contributed by atoms with van der Waals surface area (Å²) in [5, 5.41) is 2.81. The normalized spacial score (nSPS) is 11.3. The van der Waals surface area contributed by atoms with Gasteiger partial charge in [-0.15, -0.1) is 0 Å². The number of urea groups is 1. The molecule has 2 N–H and O–H groups in total. The molecule has 1 aromatic heterocycles. The average Bonchev–Trinajstić information content (AvgIpc) is 2.74. The highest BCUT2D eigenvalue weighted by Gasteiger charge is 2.19. The smallest absolute Gasteiger partial charge is 0.347 e. The van der Waals surface area contributed by atoms with Crippen LogP contribution in [0.5, 0.6) is 0 Å². The highest BCUT2D eigenvalue weighted by atomic mass is 32.2. The minimum atomic E-state index is -4.06. The fraction of sp³-hybridized carbons (Fsp3) is 0.0455. The van der Waals surface area contributed by atoms with Crippen LogP contribution < -0.4 is 15.7 Å². The van der Waals surface area contributed by atoms with Crippen LogP contribution in [0.2, 0.25) is 0 Å². The first-order valence-corrected chi connectivity index (χ1v) is 10.7. The van der Waals surface area contributed by atoms with Crippen molar-refractivity contribution in [3.05, 3.63) is 88.8 Å². The molecule has 0 atom stereocenters. The van der Waals surface area contributed by atoms with Gasteiger partial charge in [-0.3, -0.25) is 0 Å². The first-order valence-electron chi connectivity index (χ1n) is 9.23. The zero-order valence-electron chi connectivity index (χ0n) is 16.3. The van der Waals surface area contributed by atoms with Crippen LogP contribution in [-0.4, -0.2) is 19.4 Å². The van der Waals surface area contributed by atoms with Gasteiger partial charge in [0.2, 0.25) is 5.89 Å². The molecule has 0 radical (unpaired) electrons. The molecular formula is C22H17N3O5S. The predicted molar refractivity (Wildman–Crippen MR) is 116 cm³/mol. The Morgan fingerprint density at radius 2 is 1.61 bits per heavy atom. The fourth-order valence-corrected chi connectivity index (χ4v) is 3.87. The van der Waals surface area contributed by atoms with Crippen LogP contribution in [0, 0.1) is 6.92 Å². The number of rotatable bonds is 4. The number of sulfonamides is 1. The molecule has 0 fully saturated rings. The van der Waals surface area contributed by atoms with Crippen LogP contribution in [0.25, 0.3) is 22.4 Å². The van der Waals surface area contributed by atoms with Gasteiger partial charge >= 0.3 is 11.7 Å². The number of hydrogen-bond donors (Lipinski definition) is 2. The molecule has 0 aliphatic carbocycles. The third-order valence-corrected chi connectivity index (χ3v) is 5.85. The molecule has 4 rings (SSSR count). The second-order valence-corrected chi connectivity index (χ2v) is 8.42. The number of para-hydroxylation sites is 2. The van der Waals surface area contributed by atoms with Crippen molar-refractivity contribution in [2.45, 2.75) is 11.8 Å². The van der Waals surface area contributed by atoms with E-state index in [9.17, 15) is 18.0 Å². The van der Waals surface area contributed by atoms with Crippen molar-refractivity contribution < 1.29 is 17.6 Å². The molecule has 0 saturated heterocycles. The van der Waals surface area contributed by atoms with Gasteiger partial charge in [-0.05, 0) is 43.3 Å². The van der Waals surface area contributed by atoms with E-state index in [1.807, 2.05) is 11.6 Å². The summed E-state index contributed by atoms with van der Waals surface area (Å²) in [4.78, 5) is 29.0. The minimum absolute atomic E-state index is 0.000918. The van der Waals surface area contributed by atoms with Crippen molar-refractivity contribution in [3.8, 4) is 11.5 Å². The van der Waals surface area contributed by atoms with Crippen molar-refractivity contribution in [2.24, 2.45) is 0 Å². The van der Waals surface area contributed by atoms with Crippen molar-refractivity contribution in [2.75, 3.05) is 5.32 Å². The van der Waals surface area contributed by atoms with E-state index in [1.165, 1.54) is 12.1 Å². The molecule has 0 bridgehead atoms. The largest absolute Gasteiger partial charge is 0.403 e. The van der Waals surface area contributed by atoms with E-state index in [0.717, 1.165) is 5.56 Å². The van der Waals surface area contributed by atoms with Crippen molar-refractivity contribution >= 4 is 32.6 Å². The van der Waals surface area contributed by atoms with Crippen LogP contribution in [0.15, 0.2) is 86.9 Å². The number of carbonyl (C=O) groups is 1. The molecule has 4 aromatic rings. The molecule has 9 heteroatoms. The van der Waals surface area contributed by atoms with Gasteiger partial charge in [-0.25, -0.2) is 27.7 Å². The number of aryl methyl sites for hydroxylation is 1. The maximum Gasteiger partial charge on any atom is 0.347 e. The van der Waals surface area contributed by atoms with E-state index in [2.05, 4.69) is 10.3 Å². The van der Waals surface area contributed by atoms with Crippen LogP contribution in [0.3, 0.4) is 0 Å². The highest BCUT2D eigenvalue weighted by molar-refractivity contribution is 7.90. The molecule has 2 amide bonds. The average molecular weight is 435 g/mol. The molecular weight excluding hydrogens is 418 g/mol. The Hall–Kier alpha value is -3.98. The lowest BCUT2D eigenvalue weighted by Crippen LogP contribution is -2.34. The van der Waals surface area contributed by atoms with E-state index >= 15 is 0 Å². The molecule has 0 aliphatic rings. The van der Waals surface area contributed by atoms with Gasteiger partial charge in [0.15, 0.2) is 0 Å². The predicted octanol–water partition coefficient (Wildman–Crippen LogP) is 3.67. The summed E-state index contributed by atoms with van der Waals surface area (Å²) in [7, 11) is -4.06. The summed E-state index contributed by atoms with van der Waals surface area (Å²) in [6, 6.07) is 18.3. The van der Waals surface area contributed by atoms with Crippen LogP contribution in [0.4, 0.5) is 10.5 Å². The minimum Gasteiger partial charge on any atom is -0.403 e. The SMILES string of the molecule is Cc1ccc(S(=O)(=O)NC(=O)Nc2ccccc2-c2nc3ccccc3c(=O)o2)cc1. The first kappa shape index (κ1) is 20.3. The molecule has 31 heavy (non-hydrogen) atoms. The summed E-state index contributed by atoms with van der Waals surface area (Å²) in [5.41, 5.74) is 1.32. The molecule has 156 valence electrons. The zero-order chi connectivity index (χ0) is 22.0. The molecule has 8 nitrogen and oxygen atoms in total. The van der Waals surface area contributed by atoms with E-state index in [1.54, 1.807) is 60.7 Å². The van der Waals surface area contributed by atoms with E-state index in [-0.39, 0.29) is 16.5 Å². The molecule has 0 aliphatic heterocycles. The van der Waals surface area contributed by atoms with E-state index in [0.29, 0.717) is 16.5 Å². The van der Waals surface area contributed by atoms with Crippen molar-refractivity contribution in [1.29, 1.82) is 0 Å². The van der Waals surface area contributed by atoms with Crippen LogP contribution >= 0.6 is 0 Å². The Kier molecular flexibility index (Phi) is 5.26. The summed E-state index contributed by atoms with van der Waals surface area (Å²) in [6.07, 6.45) is 0. The first-order chi connectivity index (χ1) is 14.8. The van der Waals surface area contributed by atoms with Gasteiger partial charge in [0.25, 0.3) is 10.0 Å². The maximum absolute atomic E-state index is 12.4. The van der Waals surface area contributed by atoms with Gasteiger partial charge in [0.05, 0.1) is 27.0 Å². The van der Waals surface area contributed by atoms with Gasteiger partial charge in [0, 0.05) is 0 Å². The topological polar surface area (TPSA) is 118 Å². The third kappa shape index (κ3) is 4.31. The second kappa shape index (κ2) is 8.04. The standard InChI is InChI=1S/C22H17N3O5S/c1-14-10-12-15(13-11-14)31(28,29)25-22(27)24-18-8-4-2-6-16(18)20-23-19-9-5-3-7-17(19)21(26)30-20/h2-13H,1H3,(H2,24,25,27). The third-order valence-electron chi connectivity index (χ3n) is 4.50. The lowest BCUT2D eigenvalue weighted by atomic mass is 10.1. The number of nitrogens with one attached hydrogen (secondary N) is 2. The van der Waals surface area contributed by atoms with Gasteiger partial charge in [-0.2, -0.15) is 0 Å². The Balaban J connectivity index is 1.63. The zero-order valence-corrected chi connectivity index (χ0v) is 17.1. The highest BCUT2D eigenvalue weighted by Crippen LogP contribution is 2.26. The fourth-order valence-electron chi connectivity index (χ4n) is 2.96.